The zero-order valence-electron chi connectivity index (χ0n) is 18.9. The van der Waals surface area contributed by atoms with Crippen LogP contribution in [0.1, 0.15) is 22.0 Å². The first-order chi connectivity index (χ1) is 15.4. The summed E-state index contributed by atoms with van der Waals surface area (Å²) < 4.78 is 5.33. The van der Waals surface area contributed by atoms with Crippen LogP contribution in [0.4, 0.5) is 5.69 Å². The van der Waals surface area contributed by atoms with E-state index in [1.54, 1.807) is 18.2 Å². The van der Waals surface area contributed by atoms with Gasteiger partial charge in [0.25, 0.3) is 5.91 Å². The van der Waals surface area contributed by atoms with E-state index in [9.17, 15) is 9.59 Å². The second-order valence-corrected chi connectivity index (χ2v) is 8.54. The van der Waals surface area contributed by atoms with E-state index in [0.29, 0.717) is 12.1 Å². The molecule has 7 nitrogen and oxygen atoms in total. The molecule has 3 aromatic rings. The Labute approximate surface area is 188 Å². The van der Waals surface area contributed by atoms with Gasteiger partial charge in [-0.2, -0.15) is 0 Å². The lowest BCUT2D eigenvalue weighted by Gasteiger charge is -2.38. The SMILES string of the molecule is CN1CCN([C@H](CNC(=O)c2cc3ccccc3oc2=O)c2ccc(N(C)C)cc2)CC1. The van der Waals surface area contributed by atoms with Gasteiger partial charge in [0.15, 0.2) is 0 Å². The molecule has 1 aliphatic heterocycles. The van der Waals surface area contributed by atoms with Gasteiger partial charge in [0, 0.05) is 57.9 Å². The minimum Gasteiger partial charge on any atom is -0.422 e. The first-order valence-corrected chi connectivity index (χ1v) is 10.9. The Hall–Kier alpha value is -3.16. The topological polar surface area (TPSA) is 69.0 Å². The van der Waals surface area contributed by atoms with Crippen LogP contribution in [-0.4, -0.2) is 69.6 Å². The summed E-state index contributed by atoms with van der Waals surface area (Å²) in [6, 6.07) is 17.3. The number of carbonyl (C=O) groups excluding carboxylic acids is 1. The molecule has 1 aliphatic rings. The number of amides is 1. The number of carbonyl (C=O) groups is 1. The fourth-order valence-corrected chi connectivity index (χ4v) is 4.09. The molecule has 1 saturated heterocycles. The van der Waals surface area contributed by atoms with Crippen LogP contribution < -0.4 is 15.8 Å². The summed E-state index contributed by atoms with van der Waals surface area (Å²) in [5.74, 6) is -0.409. The van der Waals surface area contributed by atoms with Gasteiger partial charge in [-0.3, -0.25) is 9.69 Å². The molecule has 1 fully saturated rings. The number of piperazine rings is 1. The van der Waals surface area contributed by atoms with E-state index in [1.807, 2.05) is 26.2 Å². The van der Waals surface area contributed by atoms with Gasteiger partial charge < -0.3 is 19.5 Å². The third-order valence-corrected chi connectivity index (χ3v) is 6.11. The van der Waals surface area contributed by atoms with Crippen LogP contribution >= 0.6 is 0 Å². The molecular weight excluding hydrogens is 404 g/mol. The van der Waals surface area contributed by atoms with Crippen molar-refractivity contribution >= 4 is 22.6 Å². The number of likely N-dealkylation sites (N-methyl/N-ethyl adjacent to an activating group) is 1. The Morgan fingerprint density at radius 1 is 1.06 bits per heavy atom. The number of rotatable bonds is 6. The maximum Gasteiger partial charge on any atom is 0.349 e. The molecule has 0 spiro atoms. The van der Waals surface area contributed by atoms with Crippen LogP contribution in [0, 0.1) is 0 Å². The number of benzene rings is 2. The summed E-state index contributed by atoms with van der Waals surface area (Å²) >= 11 is 0. The van der Waals surface area contributed by atoms with Crippen molar-refractivity contribution in [2.24, 2.45) is 0 Å². The van der Waals surface area contributed by atoms with Crippen molar-refractivity contribution in [3.63, 3.8) is 0 Å². The van der Waals surface area contributed by atoms with Crippen LogP contribution in [0.5, 0.6) is 0 Å². The molecule has 32 heavy (non-hydrogen) atoms. The predicted octanol–water partition coefficient (Wildman–Crippen LogP) is 2.58. The van der Waals surface area contributed by atoms with Crippen molar-refractivity contribution in [3.05, 3.63) is 76.1 Å². The number of nitrogens with one attached hydrogen (secondary N) is 1. The third kappa shape index (κ3) is 4.84. The normalized spacial score (nSPS) is 16.1. The average molecular weight is 435 g/mol. The number of hydrogen-bond donors (Lipinski definition) is 1. The molecule has 1 N–H and O–H groups in total. The van der Waals surface area contributed by atoms with Gasteiger partial charge in [0.05, 0.1) is 6.04 Å². The smallest absolute Gasteiger partial charge is 0.349 e. The molecule has 0 bridgehead atoms. The molecule has 168 valence electrons. The predicted molar refractivity (Wildman–Crippen MR) is 127 cm³/mol. The highest BCUT2D eigenvalue weighted by Crippen LogP contribution is 2.24. The summed E-state index contributed by atoms with van der Waals surface area (Å²) in [4.78, 5) is 32.1. The van der Waals surface area contributed by atoms with Gasteiger partial charge in [-0.25, -0.2) is 4.79 Å². The Morgan fingerprint density at radius 2 is 1.75 bits per heavy atom. The van der Waals surface area contributed by atoms with Crippen molar-refractivity contribution in [3.8, 4) is 0 Å². The highest BCUT2D eigenvalue weighted by Gasteiger charge is 2.25. The summed E-state index contributed by atoms with van der Waals surface area (Å²) in [6.45, 7) is 4.22. The summed E-state index contributed by atoms with van der Waals surface area (Å²) in [5.41, 5.74) is 2.16. The van der Waals surface area contributed by atoms with Crippen LogP contribution in [0.25, 0.3) is 11.0 Å². The molecule has 7 heteroatoms. The van der Waals surface area contributed by atoms with Crippen molar-refractivity contribution < 1.29 is 9.21 Å². The molecule has 0 radical (unpaired) electrons. The molecule has 4 rings (SSSR count). The molecule has 0 unspecified atom stereocenters. The van der Waals surface area contributed by atoms with Crippen molar-refractivity contribution in [2.75, 3.05) is 58.8 Å². The summed E-state index contributed by atoms with van der Waals surface area (Å²) in [7, 11) is 6.16. The highest BCUT2D eigenvalue weighted by atomic mass is 16.4. The standard InChI is InChI=1S/C25H30N4O3/c1-27(2)20-10-8-18(9-11-20)22(29-14-12-28(3)13-15-29)17-26-24(30)21-16-19-6-4-5-7-23(19)32-25(21)31/h4-11,16,22H,12-15,17H2,1-3H3,(H,26,30)/t22-/m1/s1. The zero-order chi connectivity index (χ0) is 22.7. The van der Waals surface area contributed by atoms with Gasteiger partial charge >= 0.3 is 5.63 Å². The molecule has 2 aromatic carbocycles. The quantitative estimate of drug-likeness (QED) is 0.602. The summed E-state index contributed by atoms with van der Waals surface area (Å²) in [6.07, 6.45) is 0. The first-order valence-electron chi connectivity index (χ1n) is 10.9. The second kappa shape index (κ2) is 9.54. The molecule has 1 amide bonds. The van der Waals surface area contributed by atoms with Crippen LogP contribution in [0.15, 0.2) is 63.8 Å². The largest absolute Gasteiger partial charge is 0.422 e. The Kier molecular flexibility index (Phi) is 6.58. The van der Waals surface area contributed by atoms with Gasteiger partial charge in [-0.05, 0) is 36.9 Å². The fourth-order valence-electron chi connectivity index (χ4n) is 4.09. The number of fused-ring (bicyclic) bond motifs is 1. The number of para-hydroxylation sites is 1. The van der Waals surface area contributed by atoms with E-state index in [2.05, 4.69) is 51.3 Å². The maximum atomic E-state index is 12.9. The first kappa shape index (κ1) is 22.0. The average Bonchev–Trinajstić information content (AvgIpc) is 2.80. The maximum absolute atomic E-state index is 12.9. The molecular formula is C25H30N4O3. The van der Waals surface area contributed by atoms with Gasteiger partial charge in [0.1, 0.15) is 11.1 Å². The van der Waals surface area contributed by atoms with Crippen LogP contribution in [0.2, 0.25) is 0 Å². The number of hydrogen-bond acceptors (Lipinski definition) is 6. The lowest BCUT2D eigenvalue weighted by Crippen LogP contribution is -2.48. The lowest BCUT2D eigenvalue weighted by molar-refractivity contribution is 0.0883. The van der Waals surface area contributed by atoms with Crippen molar-refractivity contribution in [1.82, 2.24) is 15.1 Å². The monoisotopic (exact) mass is 434 g/mol. The van der Waals surface area contributed by atoms with E-state index in [-0.39, 0.29) is 11.6 Å². The Morgan fingerprint density at radius 3 is 2.44 bits per heavy atom. The summed E-state index contributed by atoms with van der Waals surface area (Å²) in [5, 5.41) is 3.71. The van der Waals surface area contributed by atoms with Gasteiger partial charge in [-0.15, -0.1) is 0 Å². The number of anilines is 1. The molecule has 0 saturated carbocycles. The molecule has 0 aliphatic carbocycles. The third-order valence-electron chi connectivity index (χ3n) is 6.11. The fraction of sp³-hybridized carbons (Fsp3) is 0.360. The van der Waals surface area contributed by atoms with E-state index >= 15 is 0 Å². The Balaban J connectivity index is 1.55. The molecule has 1 aromatic heterocycles. The van der Waals surface area contributed by atoms with E-state index in [4.69, 9.17) is 4.42 Å². The highest BCUT2D eigenvalue weighted by molar-refractivity contribution is 5.96. The lowest BCUT2D eigenvalue weighted by atomic mass is 10.0. The van der Waals surface area contributed by atoms with Gasteiger partial charge in [0.2, 0.25) is 0 Å². The van der Waals surface area contributed by atoms with Gasteiger partial charge in [-0.1, -0.05) is 30.3 Å². The molecule has 1 atom stereocenters. The van der Waals surface area contributed by atoms with Crippen LogP contribution in [-0.2, 0) is 0 Å². The Bertz CT molecular complexity index is 1130. The van der Waals surface area contributed by atoms with E-state index in [0.717, 1.165) is 42.8 Å². The van der Waals surface area contributed by atoms with Crippen molar-refractivity contribution in [2.45, 2.75) is 6.04 Å². The molecule has 2 heterocycles. The number of nitrogens with zero attached hydrogens (tertiary/aromatic N) is 3. The minimum absolute atomic E-state index is 0.0244. The van der Waals surface area contributed by atoms with E-state index in [1.165, 1.54) is 0 Å². The zero-order valence-corrected chi connectivity index (χ0v) is 18.9. The second-order valence-electron chi connectivity index (χ2n) is 8.54. The van der Waals surface area contributed by atoms with E-state index < -0.39 is 11.5 Å². The van der Waals surface area contributed by atoms with Crippen molar-refractivity contribution in [1.29, 1.82) is 0 Å². The van der Waals surface area contributed by atoms with Crippen LogP contribution in [0.3, 0.4) is 0 Å². The minimum atomic E-state index is -0.618.